The number of aromatic nitrogens is 4. The zero-order valence-corrected chi connectivity index (χ0v) is 32.3. The van der Waals surface area contributed by atoms with Crippen LogP contribution in [0.1, 0.15) is 39.1 Å². The minimum absolute atomic E-state index is 0.347. The van der Waals surface area contributed by atoms with Crippen LogP contribution < -0.4 is 27.5 Å². The molecule has 5 rings (SSSR count). The predicted octanol–water partition coefficient (Wildman–Crippen LogP) is 4.66. The van der Waals surface area contributed by atoms with Crippen LogP contribution in [0.3, 0.4) is 0 Å². The van der Waals surface area contributed by atoms with E-state index < -0.39 is 21.4 Å². The zero-order valence-electron chi connectivity index (χ0n) is 28.9. The summed E-state index contributed by atoms with van der Waals surface area (Å²) in [5.41, 5.74) is 15.3. The molecular weight excluding hydrogens is 713 g/mol. The second-order valence-corrected chi connectivity index (χ2v) is 20.4. The SMILES string of the molecule is CC1(C)OB(c2ccc(N)c(P(C)(C)=O)c2)OC1(C)C.Cn1cc(-c2ccc(N)c(P(C)(C)=O)c2)c(C#N)n1.Cn1cc(Br)c(C#N)n1. The van der Waals surface area contributed by atoms with E-state index in [9.17, 15) is 9.13 Å². The quantitative estimate of drug-likeness (QED) is 0.169. The monoisotopic (exact) mass is 754 g/mol. The molecule has 2 aromatic carbocycles. The van der Waals surface area contributed by atoms with Crippen molar-refractivity contribution in [3.05, 3.63) is 64.7 Å². The molecule has 16 heteroatoms. The number of nitriles is 2. The first-order chi connectivity index (χ1) is 22.0. The average Bonchev–Trinajstić information content (AvgIpc) is 3.58. The van der Waals surface area contributed by atoms with Gasteiger partial charge in [0.05, 0.1) is 15.7 Å². The van der Waals surface area contributed by atoms with E-state index in [1.54, 1.807) is 80.7 Å². The molecule has 1 aliphatic heterocycles. The van der Waals surface area contributed by atoms with Gasteiger partial charge in [0.15, 0.2) is 11.4 Å². The number of aryl methyl sites for hydroxylation is 2. The minimum atomic E-state index is -2.45. The fraction of sp³-hybridized carbons (Fsp3) is 0.375. The van der Waals surface area contributed by atoms with E-state index in [1.807, 2.05) is 52.0 Å². The summed E-state index contributed by atoms with van der Waals surface area (Å²) in [4.78, 5) is 0. The van der Waals surface area contributed by atoms with Crippen molar-refractivity contribution in [2.45, 2.75) is 38.9 Å². The summed E-state index contributed by atoms with van der Waals surface area (Å²) < 4.78 is 40.4. The molecule has 1 aliphatic rings. The number of nitrogens with zero attached hydrogens (tertiary/aromatic N) is 6. The van der Waals surface area contributed by atoms with Gasteiger partial charge in [0, 0.05) is 54.0 Å². The smallest absolute Gasteiger partial charge is 0.399 e. The molecule has 0 atom stereocenters. The van der Waals surface area contributed by atoms with E-state index >= 15 is 0 Å². The molecule has 0 bridgehead atoms. The Balaban J connectivity index is 0.000000209. The van der Waals surface area contributed by atoms with Crippen LogP contribution in [-0.4, -0.2) is 64.5 Å². The molecule has 254 valence electrons. The maximum atomic E-state index is 12.3. The molecule has 4 N–H and O–H groups in total. The fourth-order valence-corrected chi connectivity index (χ4v) is 7.41. The third-order valence-electron chi connectivity index (χ3n) is 7.91. The Morgan fingerprint density at radius 3 is 1.69 bits per heavy atom. The minimum Gasteiger partial charge on any atom is -0.399 e. The van der Waals surface area contributed by atoms with Crippen molar-refractivity contribution in [3.8, 4) is 23.3 Å². The predicted molar refractivity (Wildman–Crippen MR) is 198 cm³/mol. The molecule has 0 aliphatic carbocycles. The van der Waals surface area contributed by atoms with E-state index in [2.05, 4.69) is 32.2 Å². The zero-order chi connectivity index (χ0) is 36.4. The maximum absolute atomic E-state index is 12.3. The Labute approximate surface area is 291 Å². The Hall–Kier alpha value is -3.64. The van der Waals surface area contributed by atoms with Crippen LogP contribution >= 0.6 is 30.2 Å². The molecule has 12 nitrogen and oxygen atoms in total. The Morgan fingerprint density at radius 1 is 0.792 bits per heavy atom. The van der Waals surface area contributed by atoms with E-state index in [0.717, 1.165) is 21.1 Å². The number of hydrogen-bond acceptors (Lipinski definition) is 10. The topological polar surface area (TPSA) is 188 Å². The molecule has 0 spiro atoms. The molecule has 0 amide bonds. The largest absolute Gasteiger partial charge is 0.494 e. The normalized spacial score (nSPS) is 15.0. The summed E-state index contributed by atoms with van der Waals surface area (Å²) in [5.74, 6) is 0. The number of nitrogen functional groups attached to an aromatic ring is 2. The van der Waals surface area contributed by atoms with Gasteiger partial charge in [0.25, 0.3) is 0 Å². The van der Waals surface area contributed by atoms with Crippen LogP contribution in [0.25, 0.3) is 11.1 Å². The summed E-state index contributed by atoms with van der Waals surface area (Å²) in [6, 6.07) is 14.8. The highest BCUT2D eigenvalue weighted by molar-refractivity contribution is 9.10. The van der Waals surface area contributed by atoms with Crippen LogP contribution in [0.2, 0.25) is 0 Å². The summed E-state index contributed by atoms with van der Waals surface area (Å²) >= 11 is 3.17. The van der Waals surface area contributed by atoms with Crippen molar-refractivity contribution in [1.82, 2.24) is 19.6 Å². The number of hydrogen-bond donors (Lipinski definition) is 2. The summed E-state index contributed by atoms with van der Waals surface area (Å²) in [5, 5.41) is 26.7. The van der Waals surface area contributed by atoms with E-state index in [0.29, 0.717) is 33.4 Å². The molecule has 4 aromatic rings. The molecule has 0 radical (unpaired) electrons. The van der Waals surface area contributed by atoms with Crippen molar-refractivity contribution in [1.29, 1.82) is 10.5 Å². The second-order valence-electron chi connectivity index (χ2n) is 13.2. The van der Waals surface area contributed by atoms with Crippen LogP contribution in [0.4, 0.5) is 11.4 Å². The molecule has 2 aromatic heterocycles. The van der Waals surface area contributed by atoms with Gasteiger partial charge in [0.2, 0.25) is 0 Å². The number of rotatable bonds is 4. The van der Waals surface area contributed by atoms with Gasteiger partial charge in [-0.1, -0.05) is 12.1 Å². The number of halogens is 1. The highest BCUT2D eigenvalue weighted by Crippen LogP contribution is 2.40. The summed E-state index contributed by atoms with van der Waals surface area (Å²) in [7, 11) is -1.80. The Bertz CT molecular complexity index is 1980. The van der Waals surface area contributed by atoms with Gasteiger partial charge in [-0.2, -0.15) is 20.7 Å². The van der Waals surface area contributed by atoms with E-state index in [1.165, 1.54) is 0 Å². The second kappa shape index (κ2) is 14.5. The van der Waals surface area contributed by atoms with Crippen LogP contribution in [0, 0.1) is 22.7 Å². The van der Waals surface area contributed by atoms with Gasteiger partial charge in [-0.25, -0.2) is 0 Å². The molecule has 0 saturated carbocycles. The fourth-order valence-electron chi connectivity index (χ4n) is 4.65. The molecule has 3 heterocycles. The van der Waals surface area contributed by atoms with Crippen molar-refractivity contribution >= 4 is 64.8 Å². The highest BCUT2D eigenvalue weighted by Gasteiger charge is 2.51. The third kappa shape index (κ3) is 9.08. The first-order valence-electron chi connectivity index (χ1n) is 14.8. The summed E-state index contributed by atoms with van der Waals surface area (Å²) in [6.07, 6.45) is 3.50. The van der Waals surface area contributed by atoms with Gasteiger partial charge in [-0.15, -0.1) is 0 Å². The van der Waals surface area contributed by atoms with Crippen molar-refractivity contribution in [2.24, 2.45) is 14.1 Å². The van der Waals surface area contributed by atoms with Gasteiger partial charge < -0.3 is 29.9 Å². The summed E-state index contributed by atoms with van der Waals surface area (Å²) in [6.45, 7) is 14.8. The average molecular weight is 755 g/mol. The lowest BCUT2D eigenvalue weighted by Gasteiger charge is -2.32. The van der Waals surface area contributed by atoms with E-state index in [4.69, 9.17) is 31.3 Å². The Kier molecular flexibility index (Phi) is 11.7. The Morgan fingerprint density at radius 2 is 1.25 bits per heavy atom. The maximum Gasteiger partial charge on any atom is 0.494 e. The lowest BCUT2D eigenvalue weighted by atomic mass is 9.79. The van der Waals surface area contributed by atoms with Gasteiger partial charge >= 0.3 is 7.12 Å². The molecule has 48 heavy (non-hydrogen) atoms. The molecule has 1 saturated heterocycles. The van der Waals surface area contributed by atoms with Crippen molar-refractivity contribution < 1.29 is 18.4 Å². The highest BCUT2D eigenvalue weighted by atomic mass is 79.9. The van der Waals surface area contributed by atoms with Crippen LogP contribution in [-0.2, 0) is 32.5 Å². The van der Waals surface area contributed by atoms with Crippen molar-refractivity contribution in [3.63, 3.8) is 0 Å². The van der Waals surface area contributed by atoms with Gasteiger partial charge in [-0.3, -0.25) is 9.36 Å². The number of benzene rings is 2. The standard InChI is InChI=1S/C14H23BNO3P.C13H15N4OP.C5H4BrN3/c1-13(2)14(3,4)19-15(18-13)10-7-8-11(16)12(9-10)20(5,6)17;1-17-8-10(12(7-14)16-17)9-4-5-11(15)13(6-9)19(2,3)18;1-9-3-4(6)5(2-7)8-9/h7-9H,16H2,1-6H3;4-6,8H,15H2,1-3H3;3H,1H3. The molecular formula is C32H42BBrN8O4P2. The van der Waals surface area contributed by atoms with Crippen LogP contribution in [0.5, 0.6) is 0 Å². The third-order valence-corrected chi connectivity index (χ3v) is 11.6. The molecule has 0 unspecified atom stereocenters. The lowest BCUT2D eigenvalue weighted by molar-refractivity contribution is 0.00578. The van der Waals surface area contributed by atoms with Crippen LogP contribution in [0.15, 0.2) is 53.3 Å². The van der Waals surface area contributed by atoms with Crippen molar-refractivity contribution in [2.75, 3.05) is 38.1 Å². The number of nitrogens with two attached hydrogens (primary N) is 2. The van der Waals surface area contributed by atoms with Gasteiger partial charge in [-0.05, 0) is 106 Å². The molecule has 1 fully saturated rings. The van der Waals surface area contributed by atoms with E-state index in [-0.39, 0.29) is 11.2 Å². The first-order valence-corrected chi connectivity index (χ1v) is 20.8. The number of anilines is 2. The first kappa shape index (κ1) is 38.8. The lowest BCUT2D eigenvalue weighted by Crippen LogP contribution is -2.41. The van der Waals surface area contributed by atoms with Gasteiger partial charge in [0.1, 0.15) is 26.4 Å².